The van der Waals surface area contributed by atoms with Crippen LogP contribution in [0, 0.1) is 0 Å². The van der Waals surface area contributed by atoms with Crippen LogP contribution in [0.4, 0.5) is 0 Å². The van der Waals surface area contributed by atoms with Crippen molar-refractivity contribution >= 4 is 23.3 Å². The molecule has 0 saturated heterocycles. The van der Waals surface area contributed by atoms with Gasteiger partial charge in [0.1, 0.15) is 0 Å². The van der Waals surface area contributed by atoms with Gasteiger partial charge in [0.15, 0.2) is 5.76 Å². The van der Waals surface area contributed by atoms with Crippen LogP contribution in [0.3, 0.4) is 0 Å². The fourth-order valence-corrected chi connectivity index (χ4v) is 2.03. The minimum Gasteiger partial charge on any atom is -0.424 e. The zero-order valence-electron chi connectivity index (χ0n) is 12.5. The van der Waals surface area contributed by atoms with E-state index in [2.05, 4.69) is 5.32 Å². The van der Waals surface area contributed by atoms with Crippen LogP contribution in [-0.4, -0.2) is 11.9 Å². The molecule has 1 amide bonds. The van der Waals surface area contributed by atoms with Gasteiger partial charge < -0.3 is 10.1 Å². The van der Waals surface area contributed by atoms with Crippen LogP contribution in [0.5, 0.6) is 0 Å². The fourth-order valence-electron chi connectivity index (χ4n) is 2.03. The van der Waals surface area contributed by atoms with Crippen molar-refractivity contribution in [3.63, 3.8) is 0 Å². The number of nitrogens with one attached hydrogen (secondary N) is 1. The van der Waals surface area contributed by atoms with E-state index in [-0.39, 0.29) is 5.91 Å². The first-order chi connectivity index (χ1) is 10.6. The quantitative estimate of drug-likeness (QED) is 0.535. The molecule has 0 bridgehead atoms. The van der Waals surface area contributed by atoms with Gasteiger partial charge in [-0.15, -0.1) is 0 Å². The molecule has 0 heterocycles. The average molecular weight is 295 g/mol. The summed E-state index contributed by atoms with van der Waals surface area (Å²) in [6.07, 6.45) is 0. The summed E-state index contributed by atoms with van der Waals surface area (Å²) in [7, 11) is 0. The van der Waals surface area contributed by atoms with Crippen molar-refractivity contribution in [3.05, 3.63) is 71.8 Å². The van der Waals surface area contributed by atoms with Gasteiger partial charge in [0.05, 0.1) is 5.70 Å². The second-order valence-electron chi connectivity index (χ2n) is 4.71. The van der Waals surface area contributed by atoms with E-state index in [0.29, 0.717) is 17.0 Å². The molecule has 0 saturated carbocycles. The molecule has 1 N–H and O–H groups in total. The van der Waals surface area contributed by atoms with Gasteiger partial charge in [0.2, 0.25) is 5.91 Å². The summed E-state index contributed by atoms with van der Waals surface area (Å²) < 4.78 is 5.38. The number of benzene rings is 2. The Morgan fingerprint density at radius 1 is 0.818 bits per heavy atom. The lowest BCUT2D eigenvalue weighted by molar-refractivity contribution is -0.134. The Morgan fingerprint density at radius 2 is 1.32 bits per heavy atom. The predicted molar refractivity (Wildman–Crippen MR) is 85.3 cm³/mol. The molecule has 22 heavy (non-hydrogen) atoms. The molecular weight excluding hydrogens is 278 g/mol. The first-order valence-electron chi connectivity index (χ1n) is 6.89. The van der Waals surface area contributed by atoms with Gasteiger partial charge in [-0.3, -0.25) is 9.59 Å². The summed E-state index contributed by atoms with van der Waals surface area (Å²) in [5, 5.41) is 2.76. The Hall–Kier alpha value is -2.88. The smallest absolute Gasteiger partial charge is 0.308 e. The Kier molecular flexibility index (Phi) is 5.09. The molecule has 0 atom stereocenters. The number of amides is 1. The van der Waals surface area contributed by atoms with Gasteiger partial charge in [0, 0.05) is 25.0 Å². The lowest BCUT2D eigenvalue weighted by Gasteiger charge is -2.15. The first kappa shape index (κ1) is 15.5. The van der Waals surface area contributed by atoms with E-state index < -0.39 is 5.97 Å². The predicted octanol–water partition coefficient (Wildman–Crippen LogP) is 3.21. The van der Waals surface area contributed by atoms with Crippen LogP contribution in [0.1, 0.15) is 25.0 Å². The van der Waals surface area contributed by atoms with Crippen molar-refractivity contribution in [3.8, 4) is 0 Å². The normalized spacial score (nSPS) is 11.4. The molecule has 2 aromatic rings. The summed E-state index contributed by atoms with van der Waals surface area (Å²) in [5.74, 6) is -0.355. The molecule has 4 nitrogen and oxygen atoms in total. The van der Waals surface area contributed by atoms with Crippen LogP contribution in [0.15, 0.2) is 60.7 Å². The van der Waals surface area contributed by atoms with Gasteiger partial charge in [-0.25, -0.2) is 0 Å². The number of rotatable bonds is 4. The highest BCUT2D eigenvalue weighted by Gasteiger charge is 2.16. The molecule has 0 fully saturated rings. The molecule has 0 unspecified atom stereocenters. The second-order valence-corrected chi connectivity index (χ2v) is 4.71. The third-order valence-corrected chi connectivity index (χ3v) is 2.87. The van der Waals surface area contributed by atoms with Gasteiger partial charge in [-0.05, 0) is 0 Å². The van der Waals surface area contributed by atoms with Gasteiger partial charge in [0.25, 0.3) is 0 Å². The first-order valence-corrected chi connectivity index (χ1v) is 6.89. The highest BCUT2D eigenvalue weighted by molar-refractivity contribution is 5.97. The van der Waals surface area contributed by atoms with E-state index >= 15 is 0 Å². The SMILES string of the molecule is CC(=O)NC(=C(OC(C)=O)c1ccccc1)c1ccccc1. The Balaban J connectivity index is 2.64. The average Bonchev–Trinajstić information content (AvgIpc) is 2.52. The van der Waals surface area contributed by atoms with Crippen LogP contribution >= 0.6 is 0 Å². The molecule has 4 heteroatoms. The second kappa shape index (κ2) is 7.22. The maximum absolute atomic E-state index is 11.6. The molecule has 0 radical (unpaired) electrons. The largest absolute Gasteiger partial charge is 0.424 e. The lowest BCUT2D eigenvalue weighted by Crippen LogP contribution is -2.20. The highest BCUT2D eigenvalue weighted by atomic mass is 16.5. The van der Waals surface area contributed by atoms with Crippen LogP contribution in [0.25, 0.3) is 11.5 Å². The summed E-state index contributed by atoms with van der Waals surface area (Å²) in [6, 6.07) is 18.5. The summed E-state index contributed by atoms with van der Waals surface area (Å²) >= 11 is 0. The van der Waals surface area contributed by atoms with E-state index in [4.69, 9.17) is 4.74 Å². The Labute approximate surface area is 129 Å². The number of carbonyl (C=O) groups excluding carboxylic acids is 2. The van der Waals surface area contributed by atoms with Crippen LogP contribution < -0.4 is 5.32 Å². The molecular formula is C18H17NO3. The number of ether oxygens (including phenoxy) is 1. The van der Waals surface area contributed by atoms with E-state index in [0.717, 1.165) is 5.56 Å². The molecule has 2 rings (SSSR count). The molecule has 112 valence electrons. The molecule has 2 aromatic carbocycles. The van der Waals surface area contributed by atoms with Crippen LogP contribution in [-0.2, 0) is 14.3 Å². The fraction of sp³-hybridized carbons (Fsp3) is 0.111. The Bertz CT molecular complexity index is 629. The summed E-state index contributed by atoms with van der Waals surface area (Å²) in [5.41, 5.74) is 1.94. The Morgan fingerprint density at radius 3 is 1.77 bits per heavy atom. The molecule has 0 aliphatic rings. The highest BCUT2D eigenvalue weighted by Crippen LogP contribution is 2.25. The molecule has 0 aromatic heterocycles. The van der Waals surface area contributed by atoms with Crippen LogP contribution in [0.2, 0.25) is 0 Å². The van der Waals surface area contributed by atoms with Crippen molar-refractivity contribution in [2.75, 3.05) is 0 Å². The van der Waals surface area contributed by atoms with E-state index in [1.807, 2.05) is 60.7 Å². The summed E-state index contributed by atoms with van der Waals surface area (Å²) in [6.45, 7) is 2.75. The summed E-state index contributed by atoms with van der Waals surface area (Å²) in [4.78, 5) is 23.0. The number of hydrogen-bond acceptors (Lipinski definition) is 3. The van der Waals surface area contributed by atoms with Gasteiger partial charge in [-0.2, -0.15) is 0 Å². The van der Waals surface area contributed by atoms with E-state index in [9.17, 15) is 9.59 Å². The number of hydrogen-bond donors (Lipinski definition) is 1. The molecule has 0 aliphatic carbocycles. The zero-order chi connectivity index (χ0) is 15.9. The van der Waals surface area contributed by atoms with E-state index in [1.165, 1.54) is 13.8 Å². The van der Waals surface area contributed by atoms with Gasteiger partial charge in [-0.1, -0.05) is 60.7 Å². The maximum Gasteiger partial charge on any atom is 0.308 e. The van der Waals surface area contributed by atoms with Crippen molar-refractivity contribution in [1.82, 2.24) is 5.32 Å². The molecule has 0 aliphatic heterocycles. The maximum atomic E-state index is 11.6. The van der Waals surface area contributed by atoms with Gasteiger partial charge >= 0.3 is 5.97 Å². The number of esters is 1. The van der Waals surface area contributed by atoms with Crippen molar-refractivity contribution in [2.24, 2.45) is 0 Å². The minimum absolute atomic E-state index is 0.237. The minimum atomic E-state index is -0.447. The third kappa shape index (κ3) is 4.06. The third-order valence-electron chi connectivity index (χ3n) is 2.87. The number of carbonyl (C=O) groups is 2. The van der Waals surface area contributed by atoms with E-state index in [1.54, 1.807) is 0 Å². The van der Waals surface area contributed by atoms with Crippen molar-refractivity contribution < 1.29 is 14.3 Å². The lowest BCUT2D eigenvalue weighted by atomic mass is 10.1. The van der Waals surface area contributed by atoms with Crippen molar-refractivity contribution in [1.29, 1.82) is 0 Å². The molecule has 0 spiro atoms. The standard InChI is InChI=1S/C18H17NO3/c1-13(20)19-17(15-9-5-3-6-10-15)18(22-14(2)21)16-11-7-4-8-12-16/h3-12H,1-2H3,(H,19,20). The monoisotopic (exact) mass is 295 g/mol. The van der Waals surface area contributed by atoms with Crippen molar-refractivity contribution in [2.45, 2.75) is 13.8 Å². The topological polar surface area (TPSA) is 55.4 Å². The zero-order valence-corrected chi connectivity index (χ0v) is 12.5.